The molecule has 0 aliphatic rings. The van der Waals surface area contributed by atoms with Gasteiger partial charge in [-0.25, -0.2) is 4.98 Å². The average Bonchev–Trinajstić information content (AvgIpc) is 2.75. The molecule has 0 amide bonds. The fourth-order valence-electron chi connectivity index (χ4n) is 1.65. The summed E-state index contributed by atoms with van der Waals surface area (Å²) in [5, 5.41) is 2.68. The summed E-state index contributed by atoms with van der Waals surface area (Å²) in [5.74, 6) is 0. The van der Waals surface area contributed by atoms with E-state index in [-0.39, 0.29) is 0 Å². The van der Waals surface area contributed by atoms with Crippen LogP contribution in [0.15, 0.2) is 36.4 Å². The van der Waals surface area contributed by atoms with E-state index in [1.54, 1.807) is 17.4 Å². The summed E-state index contributed by atoms with van der Waals surface area (Å²) in [7, 11) is 0. The van der Waals surface area contributed by atoms with Crippen molar-refractivity contribution >= 4 is 56.4 Å². The summed E-state index contributed by atoms with van der Waals surface area (Å²) in [6.07, 6.45) is 0. The molecule has 5 heteroatoms. The number of benzene rings is 2. The van der Waals surface area contributed by atoms with Crippen LogP contribution < -0.4 is 0 Å². The summed E-state index contributed by atoms with van der Waals surface area (Å²) in [5.41, 5.74) is 1.86. The number of hydrogen-bond acceptors (Lipinski definition) is 2. The van der Waals surface area contributed by atoms with E-state index in [9.17, 15) is 0 Å². The number of fused-ring (bicyclic) bond motifs is 1. The Labute approximate surface area is 123 Å². The van der Waals surface area contributed by atoms with Crippen LogP contribution in [-0.4, -0.2) is 4.98 Å². The monoisotopic (exact) mass is 313 g/mol. The number of nitrogens with zero attached hydrogens (tertiary/aromatic N) is 1. The minimum absolute atomic E-state index is 0.534. The molecule has 0 saturated carbocycles. The van der Waals surface area contributed by atoms with Crippen LogP contribution in [0, 0.1) is 0 Å². The summed E-state index contributed by atoms with van der Waals surface area (Å²) in [6.45, 7) is 0. The van der Waals surface area contributed by atoms with Gasteiger partial charge >= 0.3 is 0 Å². The van der Waals surface area contributed by atoms with Gasteiger partial charge in [-0.3, -0.25) is 0 Å². The lowest BCUT2D eigenvalue weighted by Crippen LogP contribution is -1.76. The number of rotatable bonds is 1. The summed E-state index contributed by atoms with van der Waals surface area (Å²) >= 11 is 19.5. The fraction of sp³-hybridized carbons (Fsp3) is 0. The third kappa shape index (κ3) is 2.21. The highest BCUT2D eigenvalue weighted by Gasteiger charge is 2.08. The van der Waals surface area contributed by atoms with Gasteiger partial charge in [-0.2, -0.15) is 0 Å². The first kappa shape index (κ1) is 12.2. The summed E-state index contributed by atoms with van der Waals surface area (Å²) in [4.78, 5) is 4.55. The van der Waals surface area contributed by atoms with Gasteiger partial charge in [0.05, 0.1) is 20.3 Å². The van der Waals surface area contributed by atoms with Crippen LogP contribution in [-0.2, 0) is 0 Å². The van der Waals surface area contributed by atoms with Crippen molar-refractivity contribution in [2.24, 2.45) is 0 Å². The van der Waals surface area contributed by atoms with Crippen molar-refractivity contribution in [2.75, 3.05) is 0 Å². The number of aromatic nitrogens is 1. The Morgan fingerprint density at radius 2 is 1.72 bits per heavy atom. The van der Waals surface area contributed by atoms with Gasteiger partial charge in [0.25, 0.3) is 0 Å². The van der Waals surface area contributed by atoms with Crippen molar-refractivity contribution in [3.8, 4) is 10.6 Å². The van der Waals surface area contributed by atoms with E-state index in [0.717, 1.165) is 20.8 Å². The van der Waals surface area contributed by atoms with Crippen LogP contribution >= 0.6 is 46.1 Å². The van der Waals surface area contributed by atoms with Crippen LogP contribution in [0.25, 0.3) is 20.8 Å². The van der Waals surface area contributed by atoms with Crippen molar-refractivity contribution in [3.63, 3.8) is 0 Å². The van der Waals surface area contributed by atoms with Crippen molar-refractivity contribution < 1.29 is 0 Å². The second-order valence-corrected chi connectivity index (χ2v) is 6.04. The standard InChI is InChI=1S/C13H6Cl3NS/c14-8-2-4-12-11(6-8)17-13(18-12)7-1-3-9(15)10(16)5-7/h1-6H. The van der Waals surface area contributed by atoms with Crippen LogP contribution in [0.5, 0.6) is 0 Å². The van der Waals surface area contributed by atoms with Crippen molar-refractivity contribution in [3.05, 3.63) is 51.5 Å². The van der Waals surface area contributed by atoms with Gasteiger partial charge in [-0.1, -0.05) is 40.9 Å². The average molecular weight is 315 g/mol. The van der Waals surface area contributed by atoms with Gasteiger partial charge in [-0.15, -0.1) is 11.3 Å². The number of halogens is 3. The van der Waals surface area contributed by atoms with Crippen LogP contribution in [0.2, 0.25) is 15.1 Å². The maximum absolute atomic E-state index is 6.01. The second kappa shape index (κ2) is 4.71. The second-order valence-electron chi connectivity index (χ2n) is 3.76. The largest absolute Gasteiger partial charge is 0.236 e. The maximum Gasteiger partial charge on any atom is 0.124 e. The quantitative estimate of drug-likeness (QED) is 0.543. The molecule has 0 atom stereocenters. The molecule has 0 radical (unpaired) electrons. The van der Waals surface area contributed by atoms with Crippen molar-refractivity contribution in [1.29, 1.82) is 0 Å². The fourth-order valence-corrected chi connectivity index (χ4v) is 3.06. The first-order valence-corrected chi connectivity index (χ1v) is 7.10. The zero-order valence-electron chi connectivity index (χ0n) is 8.95. The lowest BCUT2D eigenvalue weighted by Gasteiger charge is -1.98. The Morgan fingerprint density at radius 3 is 2.50 bits per heavy atom. The molecule has 90 valence electrons. The van der Waals surface area contributed by atoms with E-state index >= 15 is 0 Å². The molecular weight excluding hydrogens is 309 g/mol. The zero-order valence-corrected chi connectivity index (χ0v) is 12.0. The molecule has 3 rings (SSSR count). The van der Waals surface area contributed by atoms with Crippen LogP contribution in [0.4, 0.5) is 0 Å². The Kier molecular flexibility index (Phi) is 3.20. The molecule has 2 aromatic carbocycles. The molecule has 0 bridgehead atoms. The van der Waals surface area contributed by atoms with E-state index in [1.165, 1.54) is 0 Å². The SMILES string of the molecule is Clc1ccc2sc(-c3ccc(Cl)c(Cl)c3)nc2c1. The van der Waals surface area contributed by atoms with Gasteiger partial charge in [0.1, 0.15) is 5.01 Å². The lowest BCUT2D eigenvalue weighted by molar-refractivity contribution is 1.48. The lowest BCUT2D eigenvalue weighted by atomic mass is 10.2. The molecule has 1 aromatic heterocycles. The first-order chi connectivity index (χ1) is 8.63. The zero-order chi connectivity index (χ0) is 12.7. The highest BCUT2D eigenvalue weighted by Crippen LogP contribution is 2.34. The highest BCUT2D eigenvalue weighted by atomic mass is 35.5. The molecule has 0 fully saturated rings. The molecular formula is C13H6Cl3NS. The van der Waals surface area contributed by atoms with E-state index < -0.39 is 0 Å². The number of thiazole rings is 1. The van der Waals surface area contributed by atoms with Crippen molar-refractivity contribution in [1.82, 2.24) is 4.98 Å². The minimum atomic E-state index is 0.534. The Balaban J connectivity index is 2.16. The van der Waals surface area contributed by atoms with Gasteiger partial charge in [-0.05, 0) is 30.3 Å². The minimum Gasteiger partial charge on any atom is -0.236 e. The van der Waals surface area contributed by atoms with Crippen LogP contribution in [0.1, 0.15) is 0 Å². The predicted molar refractivity (Wildman–Crippen MR) is 80.1 cm³/mol. The van der Waals surface area contributed by atoms with Crippen molar-refractivity contribution in [2.45, 2.75) is 0 Å². The molecule has 0 N–H and O–H groups in total. The maximum atomic E-state index is 6.01. The molecule has 0 aliphatic heterocycles. The van der Waals surface area contributed by atoms with Gasteiger partial charge < -0.3 is 0 Å². The highest BCUT2D eigenvalue weighted by molar-refractivity contribution is 7.21. The third-order valence-corrected chi connectivity index (χ3v) is 4.58. The molecule has 1 heterocycles. The van der Waals surface area contributed by atoms with E-state index in [0.29, 0.717) is 15.1 Å². The summed E-state index contributed by atoms with van der Waals surface area (Å²) < 4.78 is 1.10. The first-order valence-electron chi connectivity index (χ1n) is 5.15. The van der Waals surface area contributed by atoms with Gasteiger partial charge in [0.15, 0.2) is 0 Å². The van der Waals surface area contributed by atoms with Gasteiger partial charge in [0, 0.05) is 10.6 Å². The number of hydrogen-bond donors (Lipinski definition) is 0. The smallest absolute Gasteiger partial charge is 0.124 e. The van der Waals surface area contributed by atoms with E-state index in [1.807, 2.05) is 30.3 Å². The molecule has 1 nitrogen and oxygen atoms in total. The van der Waals surface area contributed by atoms with Crippen LogP contribution in [0.3, 0.4) is 0 Å². The molecule has 0 unspecified atom stereocenters. The summed E-state index contributed by atoms with van der Waals surface area (Å²) in [6, 6.07) is 11.2. The normalized spacial score (nSPS) is 11.1. The molecule has 3 aromatic rings. The molecule has 0 aliphatic carbocycles. The third-order valence-electron chi connectivity index (χ3n) is 2.52. The molecule has 18 heavy (non-hydrogen) atoms. The Morgan fingerprint density at radius 1 is 0.889 bits per heavy atom. The topological polar surface area (TPSA) is 12.9 Å². The Bertz CT molecular complexity index is 736. The molecule has 0 saturated heterocycles. The predicted octanol–water partition coefficient (Wildman–Crippen LogP) is 5.92. The Hall–Kier alpha value is -0.800. The van der Waals surface area contributed by atoms with E-state index in [2.05, 4.69) is 4.98 Å². The van der Waals surface area contributed by atoms with Gasteiger partial charge in [0.2, 0.25) is 0 Å². The molecule has 0 spiro atoms. The van der Waals surface area contributed by atoms with E-state index in [4.69, 9.17) is 34.8 Å².